The SMILES string of the molecule is O=C(COC(=O)[C@@H]1CC(=O)N(NC(=O)c2ccc(Cl)cc2Cl)C1)Nc1cc(Cl)ccc1Cl. The van der Waals surface area contributed by atoms with Gasteiger partial charge in [-0.15, -0.1) is 0 Å². The predicted octanol–water partition coefficient (Wildman–Crippen LogP) is 3.98. The number of hydrogen-bond donors (Lipinski definition) is 2. The molecular formula is C20H15Cl4N3O5. The van der Waals surface area contributed by atoms with Crippen LogP contribution in [0.1, 0.15) is 16.8 Å². The molecule has 32 heavy (non-hydrogen) atoms. The van der Waals surface area contributed by atoms with Gasteiger partial charge in [0.2, 0.25) is 5.91 Å². The molecule has 0 radical (unpaired) electrons. The molecule has 8 nitrogen and oxygen atoms in total. The van der Waals surface area contributed by atoms with E-state index < -0.39 is 36.2 Å². The predicted molar refractivity (Wildman–Crippen MR) is 120 cm³/mol. The van der Waals surface area contributed by atoms with E-state index >= 15 is 0 Å². The molecular weight excluding hydrogens is 504 g/mol. The summed E-state index contributed by atoms with van der Waals surface area (Å²) in [6.45, 7) is -0.699. The molecule has 1 fully saturated rings. The maximum Gasteiger partial charge on any atom is 0.311 e. The lowest BCUT2D eigenvalue weighted by Gasteiger charge is -2.18. The molecule has 1 saturated heterocycles. The standard InChI is InChI=1S/C20H15Cl4N3O5/c21-11-1-3-13(15(24)6-11)19(30)26-27-8-10(5-18(27)29)20(31)32-9-17(28)25-16-7-12(22)2-4-14(16)23/h1-4,6-7,10H,5,8-9H2,(H,25,28)(H,26,30)/t10-/m1/s1. The maximum absolute atomic E-state index is 12.4. The van der Waals surface area contributed by atoms with Crippen molar-refractivity contribution in [1.29, 1.82) is 0 Å². The molecule has 1 aliphatic rings. The average Bonchev–Trinajstić information content (AvgIpc) is 3.09. The molecule has 0 spiro atoms. The minimum Gasteiger partial charge on any atom is -0.455 e. The number of anilines is 1. The molecule has 2 aromatic rings. The van der Waals surface area contributed by atoms with Crippen molar-refractivity contribution >= 4 is 75.8 Å². The zero-order valence-electron chi connectivity index (χ0n) is 16.2. The van der Waals surface area contributed by atoms with Gasteiger partial charge in [0.1, 0.15) is 0 Å². The summed E-state index contributed by atoms with van der Waals surface area (Å²) in [5.41, 5.74) is 2.79. The van der Waals surface area contributed by atoms with Crippen molar-refractivity contribution in [2.75, 3.05) is 18.5 Å². The molecule has 0 aliphatic carbocycles. The van der Waals surface area contributed by atoms with Crippen LogP contribution >= 0.6 is 46.4 Å². The zero-order chi connectivity index (χ0) is 23.4. The summed E-state index contributed by atoms with van der Waals surface area (Å²) in [7, 11) is 0. The summed E-state index contributed by atoms with van der Waals surface area (Å²) in [6, 6.07) is 8.81. The summed E-state index contributed by atoms with van der Waals surface area (Å²) < 4.78 is 4.99. The fraction of sp³-hybridized carbons (Fsp3) is 0.200. The first kappa shape index (κ1) is 24.1. The van der Waals surface area contributed by atoms with Crippen LogP contribution in [0.2, 0.25) is 20.1 Å². The van der Waals surface area contributed by atoms with Gasteiger partial charge in [0.05, 0.1) is 33.8 Å². The second-order valence-corrected chi connectivity index (χ2v) is 8.44. The fourth-order valence-electron chi connectivity index (χ4n) is 2.86. The number of ether oxygens (including phenoxy) is 1. The van der Waals surface area contributed by atoms with Crippen LogP contribution < -0.4 is 10.7 Å². The monoisotopic (exact) mass is 517 g/mol. The van der Waals surface area contributed by atoms with Gasteiger partial charge < -0.3 is 10.1 Å². The third kappa shape index (κ3) is 6.04. The van der Waals surface area contributed by atoms with E-state index in [0.29, 0.717) is 10.0 Å². The van der Waals surface area contributed by atoms with E-state index in [4.69, 9.17) is 51.1 Å². The quantitative estimate of drug-likeness (QED) is 0.563. The van der Waals surface area contributed by atoms with Crippen molar-refractivity contribution in [3.05, 3.63) is 62.1 Å². The molecule has 2 N–H and O–H groups in total. The molecule has 2 aromatic carbocycles. The number of benzene rings is 2. The average molecular weight is 519 g/mol. The maximum atomic E-state index is 12.4. The minimum atomic E-state index is -0.856. The van der Waals surface area contributed by atoms with Gasteiger partial charge in [-0.1, -0.05) is 46.4 Å². The Morgan fingerprint density at radius 3 is 2.41 bits per heavy atom. The van der Waals surface area contributed by atoms with Gasteiger partial charge in [0, 0.05) is 16.5 Å². The Bertz CT molecular complexity index is 1090. The van der Waals surface area contributed by atoms with Crippen molar-refractivity contribution in [3.8, 4) is 0 Å². The van der Waals surface area contributed by atoms with Crippen LogP contribution in [0, 0.1) is 5.92 Å². The van der Waals surface area contributed by atoms with Crippen LogP contribution in [0.3, 0.4) is 0 Å². The van der Waals surface area contributed by atoms with Gasteiger partial charge in [-0.25, -0.2) is 0 Å². The molecule has 1 atom stereocenters. The highest BCUT2D eigenvalue weighted by Crippen LogP contribution is 2.25. The smallest absolute Gasteiger partial charge is 0.311 e. The molecule has 1 heterocycles. The fourth-order valence-corrected chi connectivity index (χ4v) is 3.70. The number of amides is 3. The molecule has 0 saturated carbocycles. The number of nitrogens with one attached hydrogen (secondary N) is 2. The number of rotatable bonds is 6. The third-order valence-corrected chi connectivity index (χ3v) is 5.53. The number of carbonyl (C=O) groups excluding carboxylic acids is 4. The zero-order valence-corrected chi connectivity index (χ0v) is 19.2. The lowest BCUT2D eigenvalue weighted by atomic mass is 10.1. The van der Waals surface area contributed by atoms with Crippen LogP contribution in [-0.4, -0.2) is 41.9 Å². The second kappa shape index (κ2) is 10.4. The van der Waals surface area contributed by atoms with Gasteiger partial charge in [-0.2, -0.15) is 0 Å². The molecule has 3 rings (SSSR count). The Balaban J connectivity index is 1.51. The first-order valence-corrected chi connectivity index (χ1v) is 10.6. The summed E-state index contributed by atoms with van der Waals surface area (Å²) >= 11 is 23.6. The molecule has 168 valence electrons. The van der Waals surface area contributed by atoms with Crippen LogP contribution in [-0.2, 0) is 19.1 Å². The van der Waals surface area contributed by atoms with E-state index in [1.165, 1.54) is 30.3 Å². The number of hydrazine groups is 1. The van der Waals surface area contributed by atoms with Crippen molar-refractivity contribution in [2.24, 2.45) is 5.92 Å². The highest BCUT2D eigenvalue weighted by atomic mass is 35.5. The molecule has 12 heteroatoms. The van der Waals surface area contributed by atoms with E-state index in [0.717, 1.165) is 5.01 Å². The summed E-state index contributed by atoms with van der Waals surface area (Å²) in [6.07, 6.45) is -0.185. The van der Waals surface area contributed by atoms with Gasteiger partial charge in [-0.3, -0.25) is 29.6 Å². The third-order valence-electron chi connectivity index (χ3n) is 4.42. The van der Waals surface area contributed by atoms with Crippen molar-refractivity contribution in [3.63, 3.8) is 0 Å². The topological polar surface area (TPSA) is 105 Å². The summed E-state index contributed by atoms with van der Waals surface area (Å²) in [5, 5.41) is 4.59. The normalized spacial score (nSPS) is 15.4. The van der Waals surface area contributed by atoms with Gasteiger partial charge in [0.15, 0.2) is 6.61 Å². The van der Waals surface area contributed by atoms with Crippen LogP contribution in [0.5, 0.6) is 0 Å². The lowest BCUT2D eigenvalue weighted by Crippen LogP contribution is -2.43. The lowest BCUT2D eigenvalue weighted by molar-refractivity contribution is -0.151. The minimum absolute atomic E-state index is 0.114. The highest BCUT2D eigenvalue weighted by Gasteiger charge is 2.37. The van der Waals surface area contributed by atoms with E-state index in [1.807, 2.05) is 0 Å². The van der Waals surface area contributed by atoms with Crippen LogP contribution in [0.15, 0.2) is 36.4 Å². The Morgan fingerprint density at radius 1 is 1.00 bits per heavy atom. The van der Waals surface area contributed by atoms with Crippen molar-refractivity contribution < 1.29 is 23.9 Å². The summed E-state index contributed by atoms with van der Waals surface area (Å²) in [4.78, 5) is 48.9. The number of esters is 1. The number of nitrogens with zero attached hydrogens (tertiary/aromatic N) is 1. The van der Waals surface area contributed by atoms with Crippen LogP contribution in [0.4, 0.5) is 5.69 Å². The van der Waals surface area contributed by atoms with Gasteiger partial charge in [-0.05, 0) is 36.4 Å². The van der Waals surface area contributed by atoms with Gasteiger partial charge in [0.25, 0.3) is 11.8 Å². The molecule has 0 unspecified atom stereocenters. The molecule has 1 aliphatic heterocycles. The van der Waals surface area contributed by atoms with Crippen LogP contribution in [0.25, 0.3) is 0 Å². The van der Waals surface area contributed by atoms with E-state index in [1.54, 1.807) is 6.07 Å². The Morgan fingerprint density at radius 2 is 1.69 bits per heavy atom. The van der Waals surface area contributed by atoms with E-state index in [-0.39, 0.29) is 34.3 Å². The van der Waals surface area contributed by atoms with Crippen molar-refractivity contribution in [1.82, 2.24) is 10.4 Å². The molecule has 0 bridgehead atoms. The second-order valence-electron chi connectivity index (χ2n) is 6.75. The largest absolute Gasteiger partial charge is 0.455 e. The Hall–Kier alpha value is -2.52. The summed E-state index contributed by atoms with van der Waals surface area (Å²) in [5.74, 6) is -3.36. The highest BCUT2D eigenvalue weighted by molar-refractivity contribution is 6.37. The molecule has 3 amide bonds. The number of hydrogen-bond acceptors (Lipinski definition) is 5. The first-order chi connectivity index (χ1) is 15.1. The van der Waals surface area contributed by atoms with Crippen molar-refractivity contribution in [2.45, 2.75) is 6.42 Å². The molecule has 0 aromatic heterocycles. The number of halogens is 4. The Kier molecular flexibility index (Phi) is 7.84. The van der Waals surface area contributed by atoms with E-state index in [9.17, 15) is 19.2 Å². The van der Waals surface area contributed by atoms with Gasteiger partial charge >= 0.3 is 5.97 Å². The Labute approximate surface area is 202 Å². The number of carbonyl (C=O) groups is 4. The first-order valence-electron chi connectivity index (χ1n) is 9.12. The van der Waals surface area contributed by atoms with E-state index in [2.05, 4.69) is 10.7 Å².